The summed E-state index contributed by atoms with van der Waals surface area (Å²) >= 11 is 5.77. The van der Waals surface area contributed by atoms with Gasteiger partial charge in [0.15, 0.2) is 0 Å². The van der Waals surface area contributed by atoms with E-state index in [9.17, 15) is 14.9 Å². The summed E-state index contributed by atoms with van der Waals surface area (Å²) in [5.41, 5.74) is -0.323. The van der Waals surface area contributed by atoms with Crippen molar-refractivity contribution in [2.45, 2.75) is 46.1 Å². The van der Waals surface area contributed by atoms with Crippen LogP contribution in [0.25, 0.3) is 0 Å². The molecule has 0 atom stereocenters. The number of unbranched alkanes of at least 4 members (excludes halogenated alkanes) is 2. The monoisotopic (exact) mass is 313 g/mol. The van der Waals surface area contributed by atoms with Gasteiger partial charge in [-0.3, -0.25) is 14.9 Å². The lowest BCUT2D eigenvalue weighted by Gasteiger charge is -2.26. The number of rotatable bonds is 7. The van der Waals surface area contributed by atoms with Crippen LogP contribution in [0.3, 0.4) is 0 Å². The van der Waals surface area contributed by atoms with Crippen LogP contribution >= 0.6 is 11.6 Å². The van der Waals surface area contributed by atoms with Gasteiger partial charge in [-0.1, -0.05) is 31.4 Å². The summed E-state index contributed by atoms with van der Waals surface area (Å²) in [7, 11) is 0. The number of nitrogens with zero attached hydrogens (tertiary/aromatic N) is 3. The number of carbonyl (C=O) groups is 1. The van der Waals surface area contributed by atoms with Gasteiger partial charge in [-0.2, -0.15) is 0 Å². The fourth-order valence-electron chi connectivity index (χ4n) is 2.02. The van der Waals surface area contributed by atoms with Gasteiger partial charge in [0.05, 0.1) is 4.92 Å². The Morgan fingerprint density at radius 3 is 2.67 bits per heavy atom. The molecule has 0 N–H and O–H groups in total. The lowest BCUT2D eigenvalue weighted by Crippen LogP contribution is -2.38. The van der Waals surface area contributed by atoms with Crippen LogP contribution in [0.1, 0.15) is 50.4 Å². The topological polar surface area (TPSA) is 76.3 Å². The summed E-state index contributed by atoms with van der Waals surface area (Å²) < 4.78 is 0. The molecule has 116 valence electrons. The van der Waals surface area contributed by atoms with E-state index in [1.54, 1.807) is 4.90 Å². The Morgan fingerprint density at radius 2 is 2.14 bits per heavy atom. The predicted octanol–water partition coefficient (Wildman–Crippen LogP) is 3.68. The van der Waals surface area contributed by atoms with Gasteiger partial charge in [0.25, 0.3) is 11.6 Å². The standard InChI is InChI=1S/C14H20ClN3O3/c1-4-5-6-7-17(10(2)3)14(19)11-8-13(15)16-9-12(11)18(20)21/h8-10H,4-7H2,1-3H3. The maximum absolute atomic E-state index is 12.6. The first kappa shape index (κ1) is 17.4. The molecule has 7 heteroatoms. The zero-order chi connectivity index (χ0) is 16.0. The third-order valence-electron chi connectivity index (χ3n) is 3.16. The molecule has 0 aliphatic heterocycles. The fraction of sp³-hybridized carbons (Fsp3) is 0.571. The molecule has 1 rings (SSSR count). The minimum absolute atomic E-state index is 0.00908. The highest BCUT2D eigenvalue weighted by atomic mass is 35.5. The molecule has 0 saturated heterocycles. The van der Waals surface area contributed by atoms with Gasteiger partial charge in [-0.15, -0.1) is 0 Å². The average Bonchev–Trinajstić information content (AvgIpc) is 2.42. The van der Waals surface area contributed by atoms with E-state index in [-0.39, 0.29) is 28.4 Å². The normalized spacial score (nSPS) is 10.7. The van der Waals surface area contributed by atoms with Gasteiger partial charge in [0.1, 0.15) is 16.9 Å². The van der Waals surface area contributed by atoms with Crippen LogP contribution in [0, 0.1) is 10.1 Å². The van der Waals surface area contributed by atoms with E-state index in [1.165, 1.54) is 6.07 Å². The molecule has 0 unspecified atom stereocenters. The molecule has 1 aromatic rings. The molecule has 6 nitrogen and oxygen atoms in total. The van der Waals surface area contributed by atoms with Gasteiger partial charge < -0.3 is 4.90 Å². The summed E-state index contributed by atoms with van der Waals surface area (Å²) in [6, 6.07) is 1.22. The lowest BCUT2D eigenvalue weighted by atomic mass is 10.1. The molecule has 0 aromatic carbocycles. The molecule has 0 aliphatic rings. The van der Waals surface area contributed by atoms with Gasteiger partial charge in [0.2, 0.25) is 0 Å². The summed E-state index contributed by atoms with van der Waals surface area (Å²) in [5.74, 6) is -0.378. The molecule has 0 spiro atoms. The number of nitro groups is 1. The van der Waals surface area contributed by atoms with Crippen LogP contribution < -0.4 is 0 Å². The molecule has 0 bridgehead atoms. The van der Waals surface area contributed by atoms with Gasteiger partial charge in [0, 0.05) is 12.6 Å². The van der Waals surface area contributed by atoms with Crippen molar-refractivity contribution in [3.63, 3.8) is 0 Å². The maximum Gasteiger partial charge on any atom is 0.300 e. The Balaban J connectivity index is 3.08. The van der Waals surface area contributed by atoms with E-state index in [1.807, 2.05) is 13.8 Å². The SMILES string of the molecule is CCCCCN(C(=O)c1cc(Cl)ncc1[N+](=O)[O-])C(C)C. The van der Waals surface area contributed by atoms with Crippen molar-refractivity contribution in [1.29, 1.82) is 0 Å². The largest absolute Gasteiger partial charge is 0.336 e. The van der Waals surface area contributed by atoms with Crippen LogP contribution in [0.2, 0.25) is 5.15 Å². The Hall–Kier alpha value is -1.69. The minimum Gasteiger partial charge on any atom is -0.336 e. The molecule has 21 heavy (non-hydrogen) atoms. The highest BCUT2D eigenvalue weighted by Crippen LogP contribution is 2.23. The van der Waals surface area contributed by atoms with E-state index < -0.39 is 4.92 Å². The Labute approximate surface area is 129 Å². The molecule has 0 fully saturated rings. The second kappa shape index (κ2) is 7.93. The van der Waals surface area contributed by atoms with Crippen LogP contribution in [-0.4, -0.2) is 33.3 Å². The average molecular weight is 314 g/mol. The van der Waals surface area contributed by atoms with Crippen LogP contribution in [0.15, 0.2) is 12.3 Å². The van der Waals surface area contributed by atoms with Crippen molar-refractivity contribution in [2.24, 2.45) is 0 Å². The zero-order valence-electron chi connectivity index (χ0n) is 12.5. The van der Waals surface area contributed by atoms with Gasteiger partial charge in [-0.25, -0.2) is 4.98 Å². The van der Waals surface area contributed by atoms with Crippen molar-refractivity contribution in [2.75, 3.05) is 6.54 Å². The summed E-state index contributed by atoms with van der Waals surface area (Å²) in [6.45, 7) is 6.42. The highest BCUT2D eigenvalue weighted by molar-refractivity contribution is 6.29. The summed E-state index contributed by atoms with van der Waals surface area (Å²) in [6.07, 6.45) is 3.95. The number of pyridine rings is 1. The van der Waals surface area contributed by atoms with Crippen molar-refractivity contribution >= 4 is 23.2 Å². The second-order valence-corrected chi connectivity index (χ2v) is 5.47. The molecule has 1 heterocycles. The molecule has 0 saturated carbocycles. The van der Waals surface area contributed by atoms with E-state index in [0.717, 1.165) is 25.5 Å². The van der Waals surface area contributed by atoms with Crippen molar-refractivity contribution in [1.82, 2.24) is 9.88 Å². The number of hydrogen-bond donors (Lipinski definition) is 0. The Kier molecular flexibility index (Phi) is 6.55. The number of hydrogen-bond acceptors (Lipinski definition) is 4. The minimum atomic E-state index is -0.610. The Morgan fingerprint density at radius 1 is 1.48 bits per heavy atom. The highest BCUT2D eigenvalue weighted by Gasteiger charge is 2.26. The van der Waals surface area contributed by atoms with Gasteiger partial charge in [-0.05, 0) is 26.3 Å². The maximum atomic E-state index is 12.6. The van der Waals surface area contributed by atoms with Gasteiger partial charge >= 0.3 is 0 Å². The lowest BCUT2D eigenvalue weighted by molar-refractivity contribution is -0.385. The molecule has 0 radical (unpaired) electrons. The van der Waals surface area contributed by atoms with Crippen LogP contribution in [-0.2, 0) is 0 Å². The number of amides is 1. The molecule has 1 aromatic heterocycles. The predicted molar refractivity (Wildman–Crippen MR) is 81.6 cm³/mol. The first-order valence-electron chi connectivity index (χ1n) is 6.99. The van der Waals surface area contributed by atoms with Crippen LogP contribution in [0.5, 0.6) is 0 Å². The number of carbonyl (C=O) groups excluding carboxylic acids is 1. The first-order chi connectivity index (χ1) is 9.88. The van der Waals surface area contributed by atoms with E-state index >= 15 is 0 Å². The molecular formula is C14H20ClN3O3. The van der Waals surface area contributed by atoms with Crippen molar-refractivity contribution < 1.29 is 9.72 Å². The Bertz CT molecular complexity index is 520. The molecule has 0 aliphatic carbocycles. The summed E-state index contributed by atoms with van der Waals surface area (Å²) in [5, 5.41) is 11.1. The zero-order valence-corrected chi connectivity index (χ0v) is 13.3. The van der Waals surface area contributed by atoms with E-state index in [4.69, 9.17) is 11.6 Å². The number of halogens is 1. The molecular weight excluding hydrogens is 294 g/mol. The summed E-state index contributed by atoms with van der Waals surface area (Å²) in [4.78, 5) is 28.3. The number of aromatic nitrogens is 1. The molecule has 1 amide bonds. The van der Waals surface area contributed by atoms with Crippen molar-refractivity contribution in [3.8, 4) is 0 Å². The van der Waals surface area contributed by atoms with Crippen molar-refractivity contribution in [3.05, 3.63) is 33.1 Å². The quantitative estimate of drug-likeness (QED) is 0.333. The first-order valence-corrected chi connectivity index (χ1v) is 7.37. The third-order valence-corrected chi connectivity index (χ3v) is 3.37. The van der Waals surface area contributed by atoms with E-state index in [2.05, 4.69) is 11.9 Å². The van der Waals surface area contributed by atoms with E-state index in [0.29, 0.717) is 6.54 Å². The second-order valence-electron chi connectivity index (χ2n) is 5.08. The fourth-order valence-corrected chi connectivity index (χ4v) is 2.18. The van der Waals surface area contributed by atoms with Crippen LogP contribution in [0.4, 0.5) is 5.69 Å². The third kappa shape index (κ3) is 4.67. The smallest absolute Gasteiger partial charge is 0.300 e.